The van der Waals surface area contributed by atoms with Crippen LogP contribution < -0.4 is 76.1 Å². The molecule has 0 fully saturated rings. The maximum absolute atomic E-state index is 14.2. The van der Waals surface area contributed by atoms with Gasteiger partial charge < -0.3 is 91.3 Å². The highest BCUT2D eigenvalue weighted by Gasteiger charge is 2.34. The topological polar surface area (TPSA) is 511 Å². The average Bonchev–Trinajstić information content (AvgIpc) is 4.05. The van der Waals surface area contributed by atoms with Crippen molar-refractivity contribution in [2.24, 2.45) is 27.9 Å². The first kappa shape index (κ1) is 71.7. The first-order valence-electron chi connectivity index (χ1n) is 27.2. The second kappa shape index (κ2) is 37.7. The molecule has 0 spiro atoms. The number of imidazole rings is 1. The molecule has 0 aliphatic carbocycles. The van der Waals surface area contributed by atoms with E-state index in [9.17, 15) is 67.7 Å². The van der Waals surface area contributed by atoms with Crippen molar-refractivity contribution in [2.75, 3.05) is 25.1 Å². The molecule has 1 aromatic heterocycles. The number of H-pyrrole nitrogens is 1. The summed E-state index contributed by atoms with van der Waals surface area (Å²) in [4.78, 5) is 170. The van der Waals surface area contributed by atoms with Gasteiger partial charge in [0.25, 0.3) is 0 Å². The van der Waals surface area contributed by atoms with Gasteiger partial charge in [0.2, 0.25) is 59.1 Å². The number of aliphatic imine (C=N–C) groups is 1. The third-order valence-corrected chi connectivity index (χ3v) is 13.3. The van der Waals surface area contributed by atoms with E-state index in [1.807, 2.05) is 0 Å². The molecule has 0 unspecified atom stereocenters. The van der Waals surface area contributed by atoms with Gasteiger partial charge in [-0.3, -0.25) is 62.5 Å². The number of carbonyl (C=O) groups excluding carboxylic acids is 10. The van der Waals surface area contributed by atoms with E-state index in [0.29, 0.717) is 29.9 Å². The molecule has 2 aromatic rings. The van der Waals surface area contributed by atoms with Crippen LogP contribution in [0.2, 0.25) is 0 Å². The number of hydrogen-bond acceptors (Lipinski definition) is 17. The summed E-state index contributed by atoms with van der Waals surface area (Å²) in [5.74, 6) is -10.8. The van der Waals surface area contributed by atoms with E-state index < -0.39 is 144 Å². The molecule has 2 rings (SSSR count). The van der Waals surface area contributed by atoms with Gasteiger partial charge in [-0.2, -0.15) is 11.8 Å². The first-order valence-corrected chi connectivity index (χ1v) is 28.6. The Morgan fingerprint density at radius 2 is 0.976 bits per heavy atom. The number of nitrogens with two attached hydrogens (primary N) is 4. The lowest BCUT2D eigenvalue weighted by Gasteiger charge is -2.27. The monoisotopic (exact) mass is 1200 g/mol. The summed E-state index contributed by atoms with van der Waals surface area (Å²) >= 11 is 1.37. The van der Waals surface area contributed by atoms with Gasteiger partial charge >= 0.3 is 11.9 Å². The third-order valence-electron chi connectivity index (χ3n) is 12.6. The molecule has 0 saturated carbocycles. The number of benzene rings is 1. The minimum atomic E-state index is -1.39. The second-order valence-electron chi connectivity index (χ2n) is 19.8. The van der Waals surface area contributed by atoms with Crippen molar-refractivity contribution in [2.45, 2.75) is 165 Å². The Kier molecular flexibility index (Phi) is 32.2. The van der Waals surface area contributed by atoms with Crippen molar-refractivity contribution in [1.29, 1.82) is 0 Å². The van der Waals surface area contributed by atoms with E-state index in [1.54, 1.807) is 36.6 Å². The number of hydrogen-bond donors (Lipinski definition) is 17. The Balaban J connectivity index is 2.35. The zero-order valence-corrected chi connectivity index (χ0v) is 48.8. The number of carboxylic acid groups (broad SMARTS) is 2. The minimum absolute atomic E-state index is 0.0175. The van der Waals surface area contributed by atoms with E-state index in [1.165, 1.54) is 58.9 Å². The molecule has 0 radical (unpaired) electrons. The predicted octanol–water partition coefficient (Wildman–Crippen LogP) is -4.65. The third kappa shape index (κ3) is 27.1. The number of aliphatic carboxylic acids is 2. The van der Waals surface area contributed by atoms with Crippen molar-refractivity contribution in [1.82, 2.24) is 63.1 Å². The molecule has 0 bridgehead atoms. The lowest BCUT2D eigenvalue weighted by molar-refractivity contribution is -0.142. The maximum atomic E-state index is 14.2. The molecule has 21 N–H and O–H groups in total. The molecule has 0 aliphatic heterocycles. The minimum Gasteiger partial charge on any atom is -0.481 e. The van der Waals surface area contributed by atoms with Crippen LogP contribution >= 0.6 is 11.8 Å². The number of thioether (sulfide) groups is 1. The number of nitrogens with zero attached hydrogens (tertiary/aromatic N) is 2. The molecule has 0 saturated heterocycles. The second-order valence-corrected chi connectivity index (χ2v) is 20.8. The Bertz CT molecular complexity index is 2560. The van der Waals surface area contributed by atoms with E-state index >= 15 is 0 Å². The molecular weight excluding hydrogens is 1120 g/mol. The highest BCUT2D eigenvalue weighted by Crippen LogP contribution is 2.10. The van der Waals surface area contributed by atoms with Gasteiger partial charge in [0, 0.05) is 37.7 Å². The van der Waals surface area contributed by atoms with Crippen molar-refractivity contribution in [3.8, 4) is 0 Å². The van der Waals surface area contributed by atoms with Gasteiger partial charge in [0.15, 0.2) is 5.96 Å². The van der Waals surface area contributed by atoms with E-state index in [0.717, 1.165) is 0 Å². The molecule has 1 aromatic carbocycles. The molecule has 32 heteroatoms. The van der Waals surface area contributed by atoms with Crippen LogP contribution in [-0.2, 0) is 70.4 Å². The quantitative estimate of drug-likeness (QED) is 0.0170. The van der Waals surface area contributed by atoms with Crippen LogP contribution in [0.1, 0.15) is 97.2 Å². The summed E-state index contributed by atoms with van der Waals surface area (Å²) in [6, 6.07) is -5.93. The standard InChI is InChI=1S/C52H83N17O14S/c1-27(54)41(72)64-36(17-18-40(70)71)46(77)61-28(2)42(73)65-34(15-10-11-20-53)48(79)69-38(23-32-13-8-7-9-14-32)49(80)62-29(3)43(74)66-35(16-12-21-58-52(55)56)45(76)60-30(4)44(75)68-39(24-33-25-57-26-59-33)50(81)67-37(19-22-84-6)47(78)63-31(5)51(82)83/h7-9,13-14,25-31,34-39H,10-12,15-24,53-54H2,1-6H3,(H,57,59)(H,60,76)(H,61,77)(H,62,80)(H,63,78)(H,64,72)(H,65,73)(H,66,74)(H,67,81)(H,68,75)(H,69,79)(H,70,71)(H,82,83)(H4,55,56,58)/t27-,28-,29-,30-,31-,34-,35-,36-,37-,38-,39-/m0/s1. The largest absolute Gasteiger partial charge is 0.481 e. The molecule has 1 heterocycles. The summed E-state index contributed by atoms with van der Waals surface area (Å²) in [5, 5.41) is 43.8. The Hall–Kier alpha value is -8.39. The highest BCUT2D eigenvalue weighted by atomic mass is 32.2. The summed E-state index contributed by atoms with van der Waals surface area (Å²) < 4.78 is 0. The molecular formula is C52H83N17O14S. The Morgan fingerprint density at radius 1 is 0.548 bits per heavy atom. The van der Waals surface area contributed by atoms with E-state index in [-0.39, 0.29) is 64.0 Å². The van der Waals surface area contributed by atoms with Crippen molar-refractivity contribution in [3.05, 3.63) is 54.1 Å². The number of aromatic amines is 1. The zero-order chi connectivity index (χ0) is 63.1. The maximum Gasteiger partial charge on any atom is 0.325 e. The molecule has 84 heavy (non-hydrogen) atoms. The zero-order valence-electron chi connectivity index (χ0n) is 48.0. The molecule has 11 atom stereocenters. The van der Waals surface area contributed by atoms with E-state index in [4.69, 9.17) is 22.9 Å². The number of carboxylic acids is 2. The number of aromatic nitrogens is 2. The summed E-state index contributed by atoms with van der Waals surface area (Å²) in [6.07, 6.45) is 4.33. The number of nitrogens with one attached hydrogen (secondary N) is 11. The van der Waals surface area contributed by atoms with Crippen molar-refractivity contribution >= 4 is 88.7 Å². The Morgan fingerprint density at radius 3 is 1.45 bits per heavy atom. The Labute approximate surface area is 490 Å². The molecule has 31 nitrogen and oxygen atoms in total. The number of unbranched alkanes of at least 4 members (excludes halogenated alkanes) is 1. The predicted molar refractivity (Wildman–Crippen MR) is 308 cm³/mol. The van der Waals surface area contributed by atoms with Crippen LogP contribution in [0.5, 0.6) is 0 Å². The van der Waals surface area contributed by atoms with E-state index in [2.05, 4.69) is 68.1 Å². The summed E-state index contributed by atoms with van der Waals surface area (Å²) in [7, 11) is 0. The molecule has 0 aliphatic rings. The van der Waals surface area contributed by atoms with Gasteiger partial charge in [0.1, 0.15) is 60.4 Å². The molecule has 10 amide bonds. The fraction of sp³-hybridized carbons (Fsp3) is 0.577. The lowest BCUT2D eigenvalue weighted by Crippen LogP contribution is -2.60. The smallest absolute Gasteiger partial charge is 0.325 e. The van der Waals surface area contributed by atoms with Crippen LogP contribution in [0, 0.1) is 0 Å². The normalized spacial score (nSPS) is 14.9. The summed E-state index contributed by atoms with van der Waals surface area (Å²) in [6.45, 7) is 6.79. The first-order chi connectivity index (χ1) is 39.7. The van der Waals surface area contributed by atoms with Crippen LogP contribution in [0.4, 0.5) is 0 Å². The summed E-state index contributed by atoms with van der Waals surface area (Å²) in [5.41, 5.74) is 23.3. The molecule has 466 valence electrons. The lowest BCUT2D eigenvalue weighted by atomic mass is 10.0. The van der Waals surface area contributed by atoms with Gasteiger partial charge in [0.05, 0.1) is 12.4 Å². The number of guanidine groups is 1. The van der Waals surface area contributed by atoms with Gasteiger partial charge in [-0.15, -0.1) is 0 Å². The number of carbonyl (C=O) groups is 12. The highest BCUT2D eigenvalue weighted by molar-refractivity contribution is 7.98. The van der Waals surface area contributed by atoms with Crippen LogP contribution in [0.15, 0.2) is 47.8 Å². The van der Waals surface area contributed by atoms with Crippen LogP contribution in [-0.4, -0.2) is 189 Å². The van der Waals surface area contributed by atoms with Crippen molar-refractivity contribution < 1.29 is 67.7 Å². The SMILES string of the molecule is CSCC[C@H](NC(=O)[C@H](Cc1cnc[nH]1)NC(=O)[C@H](C)NC(=O)[C@H](CCCN=C(N)N)NC(=O)[C@H](C)NC(=O)[C@H](Cc1ccccc1)NC(=O)[C@H](CCCCN)NC(=O)[C@H](C)NC(=O)[C@H](CCC(=O)O)NC(=O)[C@H](C)N)C(=O)N[C@@H](C)C(=O)O. The number of amides is 10. The van der Waals surface area contributed by atoms with Crippen LogP contribution in [0.3, 0.4) is 0 Å². The van der Waals surface area contributed by atoms with Gasteiger partial charge in [-0.05, 0) is 104 Å². The van der Waals surface area contributed by atoms with Crippen molar-refractivity contribution in [3.63, 3.8) is 0 Å². The fourth-order valence-electron chi connectivity index (χ4n) is 7.71. The number of rotatable bonds is 39. The average molecular weight is 1200 g/mol. The van der Waals surface area contributed by atoms with Gasteiger partial charge in [-0.1, -0.05) is 30.3 Å². The van der Waals surface area contributed by atoms with Gasteiger partial charge in [-0.25, -0.2) is 4.98 Å². The van der Waals surface area contributed by atoms with Crippen LogP contribution in [0.25, 0.3) is 0 Å². The fourth-order valence-corrected chi connectivity index (χ4v) is 8.18.